The second kappa shape index (κ2) is 85.5. The lowest BCUT2D eigenvalue weighted by molar-refractivity contribution is -0.148. The quantitative estimate of drug-likeness (QED) is 0.0160. The average Bonchev–Trinajstić information content (AvgIpc) is 3.81. The molecule has 0 rings (SSSR count). The fourth-order valence-corrected chi connectivity index (χ4v) is 11.6. The van der Waals surface area contributed by atoms with E-state index in [1.54, 1.807) is 0 Å². The second-order valence-electron chi connectivity index (χ2n) is 30.8. The molecule has 0 aliphatic heterocycles. The van der Waals surface area contributed by atoms with Gasteiger partial charge in [-0.25, -0.2) is 0 Å². The summed E-state index contributed by atoms with van der Waals surface area (Å²) in [4.78, 5) is 45.5. The minimum absolute atomic E-state index is 0.104. The number of aliphatic hydroxyl groups is 8. The van der Waals surface area contributed by atoms with Crippen molar-refractivity contribution >= 4 is 23.9 Å². The van der Waals surface area contributed by atoms with Crippen molar-refractivity contribution in [3.05, 3.63) is 0 Å². The van der Waals surface area contributed by atoms with Gasteiger partial charge in [-0.2, -0.15) is 0 Å². The van der Waals surface area contributed by atoms with Crippen molar-refractivity contribution in [2.45, 2.75) is 439 Å². The third-order valence-corrected chi connectivity index (χ3v) is 18.2. The molecule has 0 heterocycles. The second-order valence-corrected chi connectivity index (χ2v) is 30.8. The number of aliphatic hydroxyl groups excluding tert-OH is 8. The van der Waals surface area contributed by atoms with Gasteiger partial charge in [0.05, 0.1) is 26.4 Å². The maximum absolute atomic E-state index is 11.4. The minimum Gasteiger partial charge on any atom is -0.463 e. The number of ether oxygens (including phenoxy) is 4. The molecule has 4 unspecified atom stereocenters. The Kier molecular flexibility index (Phi) is 88.8. The first-order valence-electron chi connectivity index (χ1n) is 42.0. The zero-order valence-corrected chi connectivity index (χ0v) is 66.7. The summed E-state index contributed by atoms with van der Waals surface area (Å²) in [7, 11) is 0. The zero-order chi connectivity index (χ0) is 75.0. The van der Waals surface area contributed by atoms with Crippen LogP contribution in [0.2, 0.25) is 0 Å². The van der Waals surface area contributed by atoms with Gasteiger partial charge in [0.25, 0.3) is 0 Å². The van der Waals surface area contributed by atoms with Crippen LogP contribution in [0.4, 0.5) is 0 Å². The SMILES string of the molecule is CC(C)CCCCCCCCCCCCCCC(=O)OCC(O)CO.CC(C)CCCCCCCCCCCCCCC(=O)OCC(O)CO.CC(C)CCCCCCCCCCCCCCC(=O)OCC(O)CO.CC(C)CCCCCCCCCCCCCCC(=O)OCC(O)CO. The van der Waals surface area contributed by atoms with E-state index in [9.17, 15) is 19.2 Å². The molecule has 0 aromatic heterocycles. The molecule has 0 saturated heterocycles. The number of hydrogen-bond acceptors (Lipinski definition) is 16. The largest absolute Gasteiger partial charge is 0.463 e. The molecule has 0 aliphatic rings. The van der Waals surface area contributed by atoms with Crippen LogP contribution in [0.15, 0.2) is 0 Å². The molecule has 0 radical (unpaired) electrons. The molecule has 0 aliphatic carbocycles. The Morgan fingerprint density at radius 2 is 0.310 bits per heavy atom. The number of hydrogen-bond donors (Lipinski definition) is 8. The lowest BCUT2D eigenvalue weighted by atomic mass is 10.0. The van der Waals surface area contributed by atoms with Crippen molar-refractivity contribution in [2.24, 2.45) is 23.7 Å². The van der Waals surface area contributed by atoms with E-state index in [-0.39, 0.29) is 76.7 Å². The van der Waals surface area contributed by atoms with Crippen LogP contribution in [0.1, 0.15) is 415 Å². The summed E-state index contributed by atoms with van der Waals surface area (Å²) < 4.78 is 19.5. The summed E-state index contributed by atoms with van der Waals surface area (Å²) in [5, 5.41) is 70.8. The molecule has 0 fully saturated rings. The Balaban J connectivity index is -0.000000614. The molecule has 100 heavy (non-hydrogen) atoms. The minimum atomic E-state index is -0.955. The van der Waals surface area contributed by atoms with Crippen molar-refractivity contribution < 1.29 is 79.0 Å². The van der Waals surface area contributed by atoms with Crippen LogP contribution in [0.25, 0.3) is 0 Å². The Hall–Kier alpha value is -2.44. The van der Waals surface area contributed by atoms with E-state index in [0.29, 0.717) is 25.7 Å². The lowest BCUT2D eigenvalue weighted by Crippen LogP contribution is -2.21. The normalized spacial score (nSPS) is 12.5. The van der Waals surface area contributed by atoms with Crippen LogP contribution >= 0.6 is 0 Å². The highest BCUT2D eigenvalue weighted by atomic mass is 16.6. The van der Waals surface area contributed by atoms with Gasteiger partial charge < -0.3 is 59.8 Å². The van der Waals surface area contributed by atoms with E-state index in [1.807, 2.05) is 0 Å². The van der Waals surface area contributed by atoms with Crippen LogP contribution in [0.5, 0.6) is 0 Å². The smallest absolute Gasteiger partial charge is 0.305 e. The molecular weight excluding hydrogens is 1260 g/mol. The summed E-state index contributed by atoms with van der Waals surface area (Å²) in [6.07, 6.45) is 64.7. The first kappa shape index (κ1) is 104. The average molecular weight is 1430 g/mol. The zero-order valence-electron chi connectivity index (χ0n) is 66.7. The fourth-order valence-electron chi connectivity index (χ4n) is 11.6. The molecule has 0 aromatic carbocycles. The van der Waals surface area contributed by atoms with Gasteiger partial charge in [-0.05, 0) is 49.4 Å². The first-order chi connectivity index (χ1) is 48.2. The number of carbonyl (C=O) groups is 4. The van der Waals surface area contributed by atoms with Crippen LogP contribution in [0.3, 0.4) is 0 Å². The van der Waals surface area contributed by atoms with E-state index in [1.165, 1.54) is 283 Å². The summed E-state index contributed by atoms with van der Waals surface area (Å²) >= 11 is 0. The van der Waals surface area contributed by atoms with Gasteiger partial charge in [0.15, 0.2) is 0 Å². The molecule has 0 saturated carbocycles. The highest BCUT2D eigenvalue weighted by Crippen LogP contribution is 2.20. The van der Waals surface area contributed by atoms with Crippen molar-refractivity contribution in [3.63, 3.8) is 0 Å². The first-order valence-corrected chi connectivity index (χ1v) is 42.0. The predicted molar refractivity (Wildman–Crippen MR) is 414 cm³/mol. The number of esters is 4. The van der Waals surface area contributed by atoms with Crippen LogP contribution in [-0.2, 0) is 38.1 Å². The van der Waals surface area contributed by atoms with Gasteiger partial charge in [0.1, 0.15) is 50.8 Å². The molecule has 0 aromatic rings. The summed E-state index contributed by atoms with van der Waals surface area (Å²) in [5.74, 6) is 2.30. The van der Waals surface area contributed by atoms with Gasteiger partial charge in [-0.3, -0.25) is 19.2 Å². The fraction of sp³-hybridized carbons (Fsp3) is 0.952. The van der Waals surface area contributed by atoms with Crippen LogP contribution < -0.4 is 0 Å². The van der Waals surface area contributed by atoms with Crippen molar-refractivity contribution in [2.75, 3.05) is 52.9 Å². The van der Waals surface area contributed by atoms with Gasteiger partial charge in [0.2, 0.25) is 0 Å². The molecule has 16 heteroatoms. The monoisotopic (exact) mass is 1430 g/mol. The highest BCUT2D eigenvalue weighted by molar-refractivity contribution is 5.70. The molecule has 0 bridgehead atoms. The number of carbonyl (C=O) groups excluding carboxylic acids is 4. The van der Waals surface area contributed by atoms with E-state index >= 15 is 0 Å². The molecule has 8 N–H and O–H groups in total. The van der Waals surface area contributed by atoms with Crippen molar-refractivity contribution in [3.8, 4) is 0 Å². The number of unbranched alkanes of at least 4 members (excludes halogenated alkanes) is 44. The maximum Gasteiger partial charge on any atom is 0.305 e. The Labute approximate surface area is 616 Å². The standard InChI is InChI=1S/4C21H42O4/c4*1-19(2)15-13-11-9-7-5-3-4-6-8-10-12-14-16-21(24)25-18-20(23)17-22/h4*19-20,22-23H,3-18H2,1-2H3. The summed E-state index contributed by atoms with van der Waals surface area (Å²) in [5.41, 5.74) is 0. The molecule has 4 atom stereocenters. The number of rotatable bonds is 72. The Morgan fingerprint density at radius 1 is 0.200 bits per heavy atom. The van der Waals surface area contributed by atoms with E-state index in [2.05, 4.69) is 55.4 Å². The van der Waals surface area contributed by atoms with E-state index in [4.69, 9.17) is 59.8 Å². The molecular formula is C84H168O16. The van der Waals surface area contributed by atoms with Crippen LogP contribution in [-0.4, -0.2) is 142 Å². The summed E-state index contributed by atoms with van der Waals surface area (Å²) in [6.45, 7) is 16.5. The topological polar surface area (TPSA) is 267 Å². The van der Waals surface area contributed by atoms with Crippen molar-refractivity contribution in [1.82, 2.24) is 0 Å². The third-order valence-electron chi connectivity index (χ3n) is 18.2. The molecule has 16 nitrogen and oxygen atoms in total. The van der Waals surface area contributed by atoms with E-state index in [0.717, 1.165) is 75.0 Å². The highest BCUT2D eigenvalue weighted by Gasteiger charge is 2.12. The molecule has 600 valence electrons. The van der Waals surface area contributed by atoms with Crippen LogP contribution in [0, 0.1) is 23.7 Å². The summed E-state index contributed by atoms with van der Waals surface area (Å²) in [6, 6.07) is 0. The van der Waals surface area contributed by atoms with Gasteiger partial charge in [-0.1, -0.05) is 364 Å². The van der Waals surface area contributed by atoms with Gasteiger partial charge >= 0.3 is 23.9 Å². The lowest BCUT2D eigenvalue weighted by Gasteiger charge is -2.08. The Bertz CT molecular complexity index is 1400. The van der Waals surface area contributed by atoms with Crippen molar-refractivity contribution in [1.29, 1.82) is 0 Å². The molecule has 0 amide bonds. The van der Waals surface area contributed by atoms with Gasteiger partial charge in [-0.15, -0.1) is 0 Å². The predicted octanol–water partition coefficient (Wildman–Crippen LogP) is 20.0. The molecule has 0 spiro atoms. The van der Waals surface area contributed by atoms with Gasteiger partial charge in [0, 0.05) is 25.7 Å². The van der Waals surface area contributed by atoms with E-state index < -0.39 is 24.4 Å². The Morgan fingerprint density at radius 3 is 0.420 bits per heavy atom. The third kappa shape index (κ3) is 97.6. The maximum atomic E-state index is 11.4.